The van der Waals surface area contributed by atoms with Crippen LogP contribution < -0.4 is 15.0 Å². The Morgan fingerprint density at radius 1 is 1.40 bits per heavy atom. The number of hydrogen-bond acceptors (Lipinski definition) is 5. The van der Waals surface area contributed by atoms with E-state index in [0.717, 1.165) is 18.0 Å². The molecule has 102 valence electrons. The number of nitrogens with one attached hydrogen (secondary N) is 1. The second-order valence-corrected chi connectivity index (χ2v) is 4.50. The minimum atomic E-state index is -0.290. The highest BCUT2D eigenvalue weighted by Gasteiger charge is 2.16. The maximum absolute atomic E-state index is 12.0. The fraction of sp³-hybridized carbons (Fsp3) is 0.214. The fourth-order valence-electron chi connectivity index (χ4n) is 2.05. The molecule has 1 aromatic heterocycles. The Hall–Kier alpha value is -2.63. The first-order chi connectivity index (χ1) is 9.74. The van der Waals surface area contributed by atoms with E-state index in [0.29, 0.717) is 12.3 Å². The number of hydrogen-bond donors (Lipinski definition) is 1. The third kappa shape index (κ3) is 2.40. The van der Waals surface area contributed by atoms with E-state index in [9.17, 15) is 4.79 Å². The molecule has 2 aromatic rings. The highest BCUT2D eigenvalue weighted by Crippen LogP contribution is 2.33. The summed E-state index contributed by atoms with van der Waals surface area (Å²) in [5.74, 6) is 0.484. The largest absolute Gasteiger partial charge is 0.489 e. The summed E-state index contributed by atoms with van der Waals surface area (Å²) in [6, 6.07) is 5.60. The monoisotopic (exact) mass is 270 g/mol. The number of carbonyl (C=O) groups excluding carboxylic acids is 1. The number of likely N-dealkylation sites (N-methyl/N-ethyl adjacent to an activating group) is 1. The lowest BCUT2D eigenvalue weighted by molar-refractivity contribution is 0.102. The zero-order chi connectivity index (χ0) is 13.9. The first kappa shape index (κ1) is 12.4. The molecule has 3 rings (SSSR count). The molecule has 1 aromatic carbocycles. The van der Waals surface area contributed by atoms with Crippen LogP contribution in [0.4, 0.5) is 11.4 Å². The van der Waals surface area contributed by atoms with Gasteiger partial charge in [-0.3, -0.25) is 9.78 Å². The molecule has 1 N–H and O–H groups in total. The normalized spacial score (nSPS) is 13.3. The number of carbonyl (C=O) groups is 1. The number of aromatic nitrogens is 2. The van der Waals surface area contributed by atoms with Crippen molar-refractivity contribution in [2.75, 3.05) is 30.4 Å². The quantitative estimate of drug-likeness (QED) is 0.897. The SMILES string of the molecule is CN1CCOc2cc(NC(=O)c3cnccn3)ccc21. The lowest BCUT2D eigenvalue weighted by Crippen LogP contribution is -2.28. The second-order valence-electron chi connectivity index (χ2n) is 4.50. The van der Waals surface area contributed by atoms with Crippen molar-refractivity contribution >= 4 is 17.3 Å². The van der Waals surface area contributed by atoms with Crippen LogP contribution in [0.3, 0.4) is 0 Å². The summed E-state index contributed by atoms with van der Waals surface area (Å²) in [6.45, 7) is 1.50. The van der Waals surface area contributed by atoms with Crippen molar-refractivity contribution in [1.82, 2.24) is 9.97 Å². The van der Waals surface area contributed by atoms with Gasteiger partial charge in [-0.15, -0.1) is 0 Å². The van der Waals surface area contributed by atoms with Crippen molar-refractivity contribution in [2.45, 2.75) is 0 Å². The van der Waals surface area contributed by atoms with Crippen LogP contribution in [0.5, 0.6) is 5.75 Å². The van der Waals surface area contributed by atoms with E-state index < -0.39 is 0 Å². The number of amides is 1. The molecule has 0 radical (unpaired) electrons. The van der Waals surface area contributed by atoms with Gasteiger partial charge in [0.1, 0.15) is 18.1 Å². The van der Waals surface area contributed by atoms with Gasteiger partial charge in [0.05, 0.1) is 18.4 Å². The van der Waals surface area contributed by atoms with Crippen molar-refractivity contribution in [1.29, 1.82) is 0 Å². The summed E-state index contributed by atoms with van der Waals surface area (Å²) in [5, 5.41) is 2.78. The van der Waals surface area contributed by atoms with E-state index in [-0.39, 0.29) is 11.6 Å². The molecule has 0 bridgehead atoms. The lowest BCUT2D eigenvalue weighted by atomic mass is 10.2. The third-order valence-corrected chi connectivity index (χ3v) is 3.11. The van der Waals surface area contributed by atoms with E-state index in [4.69, 9.17) is 4.74 Å². The molecule has 0 unspecified atom stereocenters. The topological polar surface area (TPSA) is 67.3 Å². The molecule has 0 spiro atoms. The van der Waals surface area contributed by atoms with Crippen molar-refractivity contribution in [3.63, 3.8) is 0 Å². The van der Waals surface area contributed by atoms with Crippen LogP contribution in [0.1, 0.15) is 10.5 Å². The smallest absolute Gasteiger partial charge is 0.275 e. The predicted molar refractivity (Wildman–Crippen MR) is 75.2 cm³/mol. The average Bonchev–Trinajstić information content (AvgIpc) is 2.48. The molecule has 0 atom stereocenters. The van der Waals surface area contributed by atoms with Gasteiger partial charge in [0.15, 0.2) is 0 Å². The van der Waals surface area contributed by atoms with Crippen molar-refractivity contribution in [3.8, 4) is 5.75 Å². The van der Waals surface area contributed by atoms with E-state index in [1.807, 2.05) is 25.2 Å². The van der Waals surface area contributed by atoms with Crippen LogP contribution in [0.2, 0.25) is 0 Å². The number of nitrogens with zero attached hydrogens (tertiary/aromatic N) is 3. The van der Waals surface area contributed by atoms with Gasteiger partial charge in [-0.05, 0) is 12.1 Å². The molecule has 1 aliphatic heterocycles. The summed E-state index contributed by atoms with van der Waals surface area (Å²) in [7, 11) is 2.01. The Morgan fingerprint density at radius 2 is 2.30 bits per heavy atom. The Bertz CT molecular complexity index is 630. The maximum atomic E-state index is 12.0. The summed E-state index contributed by atoms with van der Waals surface area (Å²) in [5.41, 5.74) is 1.98. The molecule has 0 fully saturated rings. The van der Waals surface area contributed by atoms with Gasteiger partial charge in [0.25, 0.3) is 5.91 Å². The van der Waals surface area contributed by atoms with E-state index in [1.54, 1.807) is 0 Å². The predicted octanol–water partition coefficient (Wildman–Crippen LogP) is 1.56. The molecular weight excluding hydrogens is 256 g/mol. The van der Waals surface area contributed by atoms with Gasteiger partial charge in [0.2, 0.25) is 0 Å². The first-order valence-corrected chi connectivity index (χ1v) is 6.29. The molecule has 0 saturated heterocycles. The Balaban J connectivity index is 1.80. The van der Waals surface area contributed by atoms with E-state index in [1.165, 1.54) is 18.6 Å². The second kappa shape index (κ2) is 5.16. The van der Waals surface area contributed by atoms with Crippen molar-refractivity contribution in [3.05, 3.63) is 42.5 Å². The zero-order valence-electron chi connectivity index (χ0n) is 11.0. The molecule has 0 aliphatic carbocycles. The zero-order valence-corrected chi connectivity index (χ0v) is 11.0. The Kier molecular flexibility index (Phi) is 3.20. The highest BCUT2D eigenvalue weighted by atomic mass is 16.5. The summed E-state index contributed by atoms with van der Waals surface area (Å²) in [4.78, 5) is 21.9. The van der Waals surface area contributed by atoms with Crippen LogP contribution in [0.15, 0.2) is 36.8 Å². The first-order valence-electron chi connectivity index (χ1n) is 6.29. The molecule has 0 saturated carbocycles. The summed E-state index contributed by atoms with van der Waals surface area (Å²) < 4.78 is 5.60. The Morgan fingerprint density at radius 3 is 3.10 bits per heavy atom. The molecule has 1 aliphatic rings. The minimum absolute atomic E-state index is 0.281. The molecule has 20 heavy (non-hydrogen) atoms. The number of rotatable bonds is 2. The van der Waals surface area contributed by atoms with Crippen LogP contribution in [0.25, 0.3) is 0 Å². The van der Waals surface area contributed by atoms with Crippen LogP contribution in [-0.4, -0.2) is 36.1 Å². The van der Waals surface area contributed by atoms with E-state index >= 15 is 0 Å². The number of ether oxygens (including phenoxy) is 1. The van der Waals surface area contributed by atoms with Crippen molar-refractivity contribution < 1.29 is 9.53 Å². The fourth-order valence-corrected chi connectivity index (χ4v) is 2.05. The molecule has 6 heteroatoms. The van der Waals surface area contributed by atoms with Gasteiger partial charge in [-0.2, -0.15) is 0 Å². The third-order valence-electron chi connectivity index (χ3n) is 3.11. The van der Waals surface area contributed by atoms with E-state index in [2.05, 4.69) is 20.2 Å². The number of anilines is 2. The van der Waals surface area contributed by atoms with Crippen molar-refractivity contribution in [2.24, 2.45) is 0 Å². The van der Waals surface area contributed by atoms with Gasteiger partial charge in [-0.1, -0.05) is 0 Å². The van der Waals surface area contributed by atoms with Gasteiger partial charge >= 0.3 is 0 Å². The van der Waals surface area contributed by atoms with Crippen LogP contribution >= 0.6 is 0 Å². The molecule has 6 nitrogen and oxygen atoms in total. The lowest BCUT2D eigenvalue weighted by Gasteiger charge is -2.27. The van der Waals surface area contributed by atoms with Gasteiger partial charge in [-0.25, -0.2) is 4.98 Å². The molecule has 1 amide bonds. The van der Waals surface area contributed by atoms with Crippen LogP contribution in [0, 0.1) is 0 Å². The highest BCUT2D eigenvalue weighted by molar-refractivity contribution is 6.02. The average molecular weight is 270 g/mol. The van der Waals surface area contributed by atoms with Gasteiger partial charge in [0, 0.05) is 31.2 Å². The molecule has 2 heterocycles. The summed E-state index contributed by atoms with van der Waals surface area (Å²) in [6.07, 6.45) is 4.44. The maximum Gasteiger partial charge on any atom is 0.275 e. The minimum Gasteiger partial charge on any atom is -0.489 e. The molecular formula is C14H14N4O2. The standard InChI is InChI=1S/C14H14N4O2/c1-18-6-7-20-13-8-10(2-3-12(13)18)17-14(19)11-9-15-4-5-16-11/h2-5,8-9H,6-7H2,1H3,(H,17,19). The van der Waals surface area contributed by atoms with Crippen LogP contribution in [-0.2, 0) is 0 Å². The number of benzene rings is 1. The number of fused-ring (bicyclic) bond motifs is 1. The van der Waals surface area contributed by atoms with Gasteiger partial charge < -0.3 is 15.0 Å². The Labute approximate surface area is 116 Å². The summed E-state index contributed by atoms with van der Waals surface area (Å²) >= 11 is 0.